The number of carbonyl (C=O) groups excluding carboxylic acids is 2. The summed E-state index contributed by atoms with van der Waals surface area (Å²) in [6.07, 6.45) is 0.278. The number of fused-ring (bicyclic) bond motifs is 1. The van der Waals surface area contributed by atoms with Gasteiger partial charge >= 0.3 is 23.9 Å². The number of ether oxygens (including phenoxy) is 2. The number of hydrogen-bond donors (Lipinski definition) is 3. The van der Waals surface area contributed by atoms with Crippen LogP contribution in [0.1, 0.15) is 20.3 Å². The first-order valence-electron chi connectivity index (χ1n) is 7.78. The van der Waals surface area contributed by atoms with Gasteiger partial charge in [-0.2, -0.15) is 0 Å². The SMILES string of the molecule is COC(=O)C(C(=O)OC)[C@@]1(O)[C@@H]2[C@@H](C(C(=O)O)C(=O)O)C(C)(C)C[C@H]21. The number of aliphatic carboxylic acids is 2. The van der Waals surface area contributed by atoms with E-state index < -0.39 is 64.5 Å². The zero-order chi connectivity index (χ0) is 19.3. The first-order chi connectivity index (χ1) is 11.4. The second-order valence-electron chi connectivity index (χ2n) is 7.37. The third-order valence-electron chi connectivity index (χ3n) is 5.72. The zero-order valence-corrected chi connectivity index (χ0v) is 14.4. The molecule has 2 aliphatic rings. The Morgan fingerprint density at radius 1 is 1.00 bits per heavy atom. The molecule has 2 fully saturated rings. The van der Waals surface area contributed by atoms with Crippen LogP contribution < -0.4 is 0 Å². The lowest BCUT2D eigenvalue weighted by atomic mass is 9.68. The number of hydrogen-bond acceptors (Lipinski definition) is 7. The number of carbonyl (C=O) groups is 4. The second-order valence-corrected chi connectivity index (χ2v) is 7.37. The van der Waals surface area contributed by atoms with E-state index in [9.17, 15) is 34.5 Å². The van der Waals surface area contributed by atoms with Crippen LogP contribution in [0, 0.1) is 35.0 Å². The van der Waals surface area contributed by atoms with Crippen LogP contribution in [0.25, 0.3) is 0 Å². The van der Waals surface area contributed by atoms with Crippen molar-refractivity contribution < 1.29 is 44.0 Å². The molecule has 140 valence electrons. The maximum absolute atomic E-state index is 12.0. The molecule has 0 radical (unpaired) electrons. The Morgan fingerprint density at radius 2 is 1.44 bits per heavy atom. The van der Waals surface area contributed by atoms with E-state index in [0.29, 0.717) is 0 Å². The Morgan fingerprint density at radius 3 is 1.80 bits per heavy atom. The van der Waals surface area contributed by atoms with Gasteiger partial charge < -0.3 is 24.8 Å². The maximum atomic E-state index is 12.0. The molecule has 3 N–H and O–H groups in total. The minimum atomic E-state index is -1.87. The molecule has 2 rings (SSSR count). The van der Waals surface area contributed by atoms with Crippen molar-refractivity contribution in [2.75, 3.05) is 14.2 Å². The van der Waals surface area contributed by atoms with Gasteiger partial charge in [0.25, 0.3) is 0 Å². The largest absolute Gasteiger partial charge is 0.481 e. The molecule has 9 heteroatoms. The van der Waals surface area contributed by atoms with E-state index in [2.05, 4.69) is 9.47 Å². The Balaban J connectivity index is 2.46. The standard InChI is InChI=1S/C16H22O9/c1-15(2)5-6-8(9(15)7(11(17)18)12(19)20)16(6,23)10(13(21)24-3)14(22)25-4/h6-10,23H,5H2,1-4H3,(H,17,18)(H,19,20)/t6-,8+,9-,16+/m1/s1. The molecule has 9 nitrogen and oxygen atoms in total. The molecule has 0 unspecified atom stereocenters. The number of aliphatic hydroxyl groups is 1. The second kappa shape index (κ2) is 5.98. The monoisotopic (exact) mass is 358 g/mol. The molecule has 0 aromatic heterocycles. The van der Waals surface area contributed by atoms with Crippen LogP contribution in [-0.2, 0) is 28.7 Å². The van der Waals surface area contributed by atoms with Crippen LogP contribution in [-0.4, -0.2) is 59.0 Å². The molecule has 0 saturated heterocycles. The molecule has 0 heterocycles. The molecule has 2 aliphatic carbocycles. The van der Waals surface area contributed by atoms with E-state index in [-0.39, 0.29) is 6.42 Å². The highest BCUT2D eigenvalue weighted by Crippen LogP contribution is 2.73. The molecule has 0 bridgehead atoms. The molecular formula is C16H22O9. The first-order valence-corrected chi connectivity index (χ1v) is 7.78. The Kier molecular flexibility index (Phi) is 4.58. The third kappa shape index (κ3) is 2.66. The lowest BCUT2D eigenvalue weighted by molar-refractivity contribution is -0.169. The topological polar surface area (TPSA) is 147 Å². The first kappa shape index (κ1) is 19.2. The van der Waals surface area contributed by atoms with Crippen LogP contribution in [0.3, 0.4) is 0 Å². The minimum Gasteiger partial charge on any atom is -0.481 e. The van der Waals surface area contributed by atoms with Crippen LogP contribution in [0.2, 0.25) is 0 Å². The average molecular weight is 358 g/mol. The summed E-state index contributed by atoms with van der Waals surface area (Å²) in [5, 5.41) is 29.7. The fourth-order valence-electron chi connectivity index (χ4n) is 4.70. The van der Waals surface area contributed by atoms with E-state index in [1.54, 1.807) is 13.8 Å². The van der Waals surface area contributed by atoms with Gasteiger partial charge in [0, 0.05) is 0 Å². The highest BCUT2D eigenvalue weighted by molar-refractivity contribution is 5.98. The van der Waals surface area contributed by atoms with Crippen LogP contribution in [0.15, 0.2) is 0 Å². The minimum absolute atomic E-state index is 0.278. The Labute approximate surface area is 143 Å². The summed E-state index contributed by atoms with van der Waals surface area (Å²) in [6, 6.07) is 0. The highest BCUT2D eigenvalue weighted by atomic mass is 16.5. The van der Waals surface area contributed by atoms with Crippen molar-refractivity contribution in [1.29, 1.82) is 0 Å². The normalized spacial score (nSPS) is 32.2. The molecule has 0 aromatic carbocycles. The van der Waals surface area contributed by atoms with Crippen molar-refractivity contribution in [1.82, 2.24) is 0 Å². The van der Waals surface area contributed by atoms with Crippen molar-refractivity contribution in [3.63, 3.8) is 0 Å². The number of rotatable bonds is 6. The van der Waals surface area contributed by atoms with Crippen molar-refractivity contribution >= 4 is 23.9 Å². The van der Waals surface area contributed by atoms with Gasteiger partial charge in [-0.05, 0) is 29.6 Å². The Bertz CT molecular complexity index is 595. The van der Waals surface area contributed by atoms with Crippen molar-refractivity contribution in [3.8, 4) is 0 Å². The van der Waals surface area contributed by atoms with Gasteiger partial charge in [0.2, 0.25) is 0 Å². The summed E-state index contributed by atoms with van der Waals surface area (Å²) >= 11 is 0. The molecule has 0 spiro atoms. The van der Waals surface area contributed by atoms with Crippen LogP contribution >= 0.6 is 0 Å². The van der Waals surface area contributed by atoms with E-state index in [0.717, 1.165) is 14.2 Å². The van der Waals surface area contributed by atoms with E-state index in [1.807, 2.05) is 0 Å². The van der Waals surface area contributed by atoms with Gasteiger partial charge in [-0.25, -0.2) is 0 Å². The number of methoxy groups -OCH3 is 2. The number of carboxylic acids is 2. The predicted molar refractivity (Wildman–Crippen MR) is 80.1 cm³/mol. The van der Waals surface area contributed by atoms with Crippen LogP contribution in [0.5, 0.6) is 0 Å². The highest BCUT2D eigenvalue weighted by Gasteiger charge is 2.80. The lowest BCUT2D eigenvalue weighted by Crippen LogP contribution is -2.47. The van der Waals surface area contributed by atoms with Gasteiger partial charge in [-0.1, -0.05) is 13.8 Å². The molecular weight excluding hydrogens is 336 g/mol. The molecule has 0 amide bonds. The molecule has 2 saturated carbocycles. The summed E-state index contributed by atoms with van der Waals surface area (Å²) in [6.45, 7) is 3.43. The summed E-state index contributed by atoms with van der Waals surface area (Å²) < 4.78 is 9.15. The van der Waals surface area contributed by atoms with E-state index >= 15 is 0 Å². The number of esters is 2. The average Bonchev–Trinajstić information content (AvgIpc) is 2.91. The quantitative estimate of drug-likeness (QED) is 0.432. The van der Waals surface area contributed by atoms with Crippen LogP contribution in [0.4, 0.5) is 0 Å². The lowest BCUT2D eigenvalue weighted by Gasteiger charge is -2.37. The fourth-order valence-corrected chi connectivity index (χ4v) is 4.70. The summed E-state index contributed by atoms with van der Waals surface area (Å²) in [5.41, 5.74) is -2.57. The van der Waals surface area contributed by atoms with Gasteiger partial charge in [-0.3, -0.25) is 19.2 Å². The smallest absolute Gasteiger partial charge is 0.323 e. The van der Waals surface area contributed by atoms with Gasteiger partial charge in [0.1, 0.15) is 0 Å². The van der Waals surface area contributed by atoms with E-state index in [4.69, 9.17) is 0 Å². The zero-order valence-electron chi connectivity index (χ0n) is 14.4. The fraction of sp³-hybridized carbons (Fsp3) is 0.750. The summed E-state index contributed by atoms with van der Waals surface area (Å²) in [7, 11) is 2.11. The predicted octanol–water partition coefficient (Wildman–Crippen LogP) is -0.243. The summed E-state index contributed by atoms with van der Waals surface area (Å²) in [4.78, 5) is 47.0. The molecule has 0 aromatic rings. The van der Waals surface area contributed by atoms with Gasteiger partial charge in [0.05, 0.1) is 19.8 Å². The molecule has 4 atom stereocenters. The molecule has 0 aliphatic heterocycles. The van der Waals surface area contributed by atoms with Gasteiger partial charge in [-0.15, -0.1) is 0 Å². The summed E-state index contributed by atoms with van der Waals surface area (Å²) in [5.74, 6) is -10.8. The third-order valence-corrected chi connectivity index (χ3v) is 5.72. The Hall–Kier alpha value is -2.16. The van der Waals surface area contributed by atoms with Gasteiger partial charge in [0.15, 0.2) is 11.8 Å². The van der Waals surface area contributed by atoms with Crippen molar-refractivity contribution in [2.24, 2.45) is 35.0 Å². The van der Waals surface area contributed by atoms with Crippen molar-refractivity contribution in [3.05, 3.63) is 0 Å². The maximum Gasteiger partial charge on any atom is 0.323 e. The van der Waals surface area contributed by atoms with E-state index in [1.165, 1.54) is 0 Å². The number of carboxylic acid groups (broad SMARTS) is 2. The molecule has 25 heavy (non-hydrogen) atoms. The van der Waals surface area contributed by atoms with Crippen molar-refractivity contribution in [2.45, 2.75) is 25.9 Å².